The number of sulfonamides is 1. The summed E-state index contributed by atoms with van der Waals surface area (Å²) in [4.78, 5) is 13.8. The summed E-state index contributed by atoms with van der Waals surface area (Å²) in [6.45, 7) is 1.00. The number of amides is 1. The summed E-state index contributed by atoms with van der Waals surface area (Å²) >= 11 is 0. The molecular formula is C16H25N3O6S. The Kier molecular flexibility index (Phi) is 6.81. The molecule has 1 heterocycles. The van der Waals surface area contributed by atoms with Crippen LogP contribution in [0.15, 0.2) is 23.1 Å². The van der Waals surface area contributed by atoms with Gasteiger partial charge in [0.2, 0.25) is 15.9 Å². The van der Waals surface area contributed by atoms with Crippen LogP contribution in [0.25, 0.3) is 0 Å². The zero-order valence-electron chi connectivity index (χ0n) is 15.2. The number of carbonyl (C=O) groups is 1. The summed E-state index contributed by atoms with van der Waals surface area (Å²) < 4.78 is 42.5. The number of nitrogens with zero attached hydrogens (tertiary/aromatic N) is 2. The van der Waals surface area contributed by atoms with Crippen molar-refractivity contribution in [3.63, 3.8) is 0 Å². The number of benzene rings is 1. The van der Waals surface area contributed by atoms with Gasteiger partial charge in [0.05, 0.1) is 20.8 Å². The number of hydrogen-bond donors (Lipinski definition) is 1. The van der Waals surface area contributed by atoms with E-state index in [9.17, 15) is 13.2 Å². The number of nitrogens with two attached hydrogens (primary N) is 1. The Morgan fingerprint density at radius 1 is 1.15 bits per heavy atom. The average molecular weight is 387 g/mol. The highest BCUT2D eigenvalue weighted by Gasteiger charge is 2.33. The van der Waals surface area contributed by atoms with Crippen molar-refractivity contribution in [3.8, 4) is 11.5 Å². The Balaban J connectivity index is 2.14. The highest BCUT2D eigenvalue weighted by Crippen LogP contribution is 2.31. The minimum absolute atomic E-state index is 0.0372. The zero-order valence-corrected chi connectivity index (χ0v) is 16.0. The van der Waals surface area contributed by atoms with Crippen molar-refractivity contribution in [2.45, 2.75) is 10.9 Å². The molecule has 26 heavy (non-hydrogen) atoms. The van der Waals surface area contributed by atoms with Crippen LogP contribution >= 0.6 is 0 Å². The molecule has 1 aliphatic heterocycles. The molecule has 1 fully saturated rings. The fourth-order valence-corrected chi connectivity index (χ4v) is 4.35. The molecule has 1 aromatic carbocycles. The fourth-order valence-electron chi connectivity index (χ4n) is 2.76. The minimum Gasteiger partial charge on any atom is -0.497 e. The molecule has 0 radical (unpaired) electrons. The highest BCUT2D eigenvalue weighted by atomic mass is 32.2. The number of carbonyl (C=O) groups excluding carboxylic acids is 1. The third-order valence-electron chi connectivity index (χ3n) is 4.20. The molecule has 1 amide bonds. The second-order valence-corrected chi connectivity index (χ2v) is 7.71. The Morgan fingerprint density at radius 3 is 2.35 bits per heavy atom. The number of hydrogen-bond acceptors (Lipinski definition) is 7. The SMILES string of the molecule is COCC(N)C(=O)N1CCN(S(=O)(=O)c2cc(OC)ccc2OC)CC1. The van der Waals surface area contributed by atoms with Crippen LogP contribution in [-0.2, 0) is 19.6 Å². The minimum atomic E-state index is -3.78. The van der Waals surface area contributed by atoms with Gasteiger partial charge in [0.1, 0.15) is 22.4 Å². The van der Waals surface area contributed by atoms with Crippen LogP contribution < -0.4 is 15.2 Å². The maximum atomic E-state index is 13.0. The molecule has 0 saturated carbocycles. The molecule has 9 nitrogen and oxygen atoms in total. The highest BCUT2D eigenvalue weighted by molar-refractivity contribution is 7.89. The average Bonchev–Trinajstić information content (AvgIpc) is 2.67. The number of methoxy groups -OCH3 is 3. The number of piperazine rings is 1. The van der Waals surface area contributed by atoms with E-state index in [-0.39, 0.29) is 49.3 Å². The van der Waals surface area contributed by atoms with Gasteiger partial charge in [0.25, 0.3) is 0 Å². The molecule has 1 aromatic rings. The first-order chi connectivity index (χ1) is 12.3. The smallest absolute Gasteiger partial charge is 0.247 e. The molecule has 10 heteroatoms. The molecular weight excluding hydrogens is 362 g/mol. The Labute approximate surface area is 153 Å². The molecule has 1 atom stereocenters. The van der Waals surface area contributed by atoms with E-state index in [1.807, 2.05) is 0 Å². The molecule has 0 aliphatic carbocycles. The monoisotopic (exact) mass is 387 g/mol. The zero-order chi connectivity index (χ0) is 19.3. The fraction of sp³-hybridized carbons (Fsp3) is 0.562. The predicted octanol–water partition coefficient (Wildman–Crippen LogP) is -0.490. The lowest BCUT2D eigenvalue weighted by Crippen LogP contribution is -2.55. The number of rotatable bonds is 7. The summed E-state index contributed by atoms with van der Waals surface area (Å²) in [6, 6.07) is 3.86. The van der Waals surface area contributed by atoms with Crippen molar-refractivity contribution < 1.29 is 27.4 Å². The standard InChI is InChI=1S/C16H25N3O6S/c1-23-11-13(17)16(20)18-6-8-19(9-7-18)26(21,22)15-10-12(24-2)4-5-14(15)25-3/h4-5,10,13H,6-9,11,17H2,1-3H3. The maximum Gasteiger partial charge on any atom is 0.247 e. The third kappa shape index (κ3) is 4.26. The topological polar surface area (TPSA) is 111 Å². The van der Waals surface area contributed by atoms with Crippen molar-refractivity contribution in [1.29, 1.82) is 0 Å². The van der Waals surface area contributed by atoms with Crippen LogP contribution in [0.1, 0.15) is 0 Å². The van der Waals surface area contributed by atoms with Crippen LogP contribution in [0.2, 0.25) is 0 Å². The molecule has 1 aliphatic rings. The van der Waals surface area contributed by atoms with Crippen LogP contribution in [0.4, 0.5) is 0 Å². The second-order valence-electron chi connectivity index (χ2n) is 5.81. The van der Waals surface area contributed by atoms with Gasteiger partial charge >= 0.3 is 0 Å². The van der Waals surface area contributed by atoms with E-state index in [0.717, 1.165) is 0 Å². The molecule has 0 bridgehead atoms. The number of ether oxygens (including phenoxy) is 3. The van der Waals surface area contributed by atoms with E-state index in [2.05, 4.69) is 0 Å². The lowest BCUT2D eigenvalue weighted by molar-refractivity contribution is -0.134. The lowest BCUT2D eigenvalue weighted by atomic mass is 10.2. The van der Waals surface area contributed by atoms with Crippen molar-refractivity contribution >= 4 is 15.9 Å². The van der Waals surface area contributed by atoms with Gasteiger partial charge in [0.15, 0.2) is 0 Å². The van der Waals surface area contributed by atoms with Gasteiger partial charge in [-0.15, -0.1) is 0 Å². The second kappa shape index (κ2) is 8.67. The van der Waals surface area contributed by atoms with Gasteiger partial charge in [-0.2, -0.15) is 4.31 Å². The van der Waals surface area contributed by atoms with E-state index in [0.29, 0.717) is 5.75 Å². The molecule has 0 spiro atoms. The quantitative estimate of drug-likeness (QED) is 0.672. The summed E-state index contributed by atoms with van der Waals surface area (Å²) in [6.07, 6.45) is 0. The maximum absolute atomic E-state index is 13.0. The van der Waals surface area contributed by atoms with E-state index >= 15 is 0 Å². The summed E-state index contributed by atoms with van der Waals surface area (Å²) in [7, 11) is 0.564. The van der Waals surface area contributed by atoms with Crippen molar-refractivity contribution in [3.05, 3.63) is 18.2 Å². The summed E-state index contributed by atoms with van der Waals surface area (Å²) in [5.41, 5.74) is 5.76. The molecule has 146 valence electrons. The van der Waals surface area contributed by atoms with E-state index in [4.69, 9.17) is 19.9 Å². The van der Waals surface area contributed by atoms with E-state index < -0.39 is 16.1 Å². The van der Waals surface area contributed by atoms with Crippen molar-refractivity contribution in [2.75, 3.05) is 54.1 Å². The van der Waals surface area contributed by atoms with Crippen LogP contribution in [0.3, 0.4) is 0 Å². The van der Waals surface area contributed by atoms with Gasteiger partial charge in [-0.25, -0.2) is 8.42 Å². The summed E-state index contributed by atoms with van der Waals surface area (Å²) in [5.74, 6) is 0.415. The van der Waals surface area contributed by atoms with Crippen molar-refractivity contribution in [2.24, 2.45) is 5.73 Å². The van der Waals surface area contributed by atoms with Crippen LogP contribution in [-0.4, -0.2) is 83.7 Å². The lowest BCUT2D eigenvalue weighted by Gasteiger charge is -2.35. The van der Waals surface area contributed by atoms with Gasteiger partial charge in [-0.05, 0) is 12.1 Å². The first-order valence-electron chi connectivity index (χ1n) is 8.10. The van der Waals surface area contributed by atoms with Crippen LogP contribution in [0, 0.1) is 0 Å². The third-order valence-corrected chi connectivity index (χ3v) is 6.12. The molecule has 1 unspecified atom stereocenters. The summed E-state index contributed by atoms with van der Waals surface area (Å²) in [5, 5.41) is 0. The first kappa shape index (κ1) is 20.4. The Bertz CT molecular complexity index is 732. The first-order valence-corrected chi connectivity index (χ1v) is 9.54. The molecule has 1 saturated heterocycles. The van der Waals surface area contributed by atoms with E-state index in [1.54, 1.807) is 17.0 Å². The van der Waals surface area contributed by atoms with Gasteiger partial charge in [-0.3, -0.25) is 4.79 Å². The largest absolute Gasteiger partial charge is 0.497 e. The van der Waals surface area contributed by atoms with Gasteiger partial charge in [-0.1, -0.05) is 0 Å². The predicted molar refractivity (Wildman–Crippen MR) is 94.7 cm³/mol. The van der Waals surface area contributed by atoms with Gasteiger partial charge in [0, 0.05) is 39.4 Å². The molecule has 0 aromatic heterocycles. The normalized spacial score (nSPS) is 17.0. The Morgan fingerprint density at radius 2 is 1.81 bits per heavy atom. The Hall–Kier alpha value is -1.88. The van der Waals surface area contributed by atoms with Gasteiger partial charge < -0.3 is 24.8 Å². The van der Waals surface area contributed by atoms with E-state index in [1.165, 1.54) is 31.7 Å². The molecule has 2 rings (SSSR count). The van der Waals surface area contributed by atoms with Crippen LogP contribution in [0.5, 0.6) is 11.5 Å². The van der Waals surface area contributed by atoms with Crippen molar-refractivity contribution in [1.82, 2.24) is 9.21 Å². The molecule has 2 N–H and O–H groups in total.